The quantitative estimate of drug-likeness (QED) is 0.359. The Morgan fingerprint density at radius 1 is 0.938 bits per heavy atom. The molecule has 0 bridgehead atoms. The third-order valence-electron chi connectivity index (χ3n) is 3.63. The molecule has 0 nitrogen and oxygen atoms in total. The van der Waals surface area contributed by atoms with E-state index in [0.29, 0.717) is 0 Å². The standard InChI is InChI=1S/C15H28Si/c1-8-9-10-11-12-16(13(2)3,14(4)5)15(6)7/h8-9,13-15H,10H2,1-7H3/b9-8-. The van der Waals surface area contributed by atoms with Gasteiger partial charge in [-0.25, -0.2) is 0 Å². The third kappa shape index (κ3) is 3.52. The molecule has 0 aliphatic rings. The fourth-order valence-electron chi connectivity index (χ4n) is 2.81. The summed E-state index contributed by atoms with van der Waals surface area (Å²) in [4.78, 5) is 0. The topological polar surface area (TPSA) is 0 Å². The predicted molar refractivity (Wildman–Crippen MR) is 78.3 cm³/mol. The smallest absolute Gasteiger partial charge is 0.130 e. The summed E-state index contributed by atoms with van der Waals surface area (Å²) >= 11 is 0. The Kier molecular flexibility index (Phi) is 6.75. The Morgan fingerprint density at radius 3 is 1.69 bits per heavy atom. The van der Waals surface area contributed by atoms with Crippen LogP contribution in [-0.4, -0.2) is 8.07 Å². The Balaban J connectivity index is 5.10. The molecule has 0 rings (SSSR count). The van der Waals surface area contributed by atoms with Gasteiger partial charge < -0.3 is 0 Å². The van der Waals surface area contributed by atoms with Gasteiger partial charge in [-0.15, -0.1) is 11.5 Å². The number of hydrogen-bond acceptors (Lipinski definition) is 0. The van der Waals surface area contributed by atoms with Crippen molar-refractivity contribution in [2.45, 2.75) is 71.5 Å². The lowest BCUT2D eigenvalue weighted by Gasteiger charge is -2.38. The monoisotopic (exact) mass is 236 g/mol. The number of rotatable bonds is 4. The minimum absolute atomic E-state index is 0.741. The molecule has 0 radical (unpaired) electrons. The molecule has 0 aromatic heterocycles. The van der Waals surface area contributed by atoms with Gasteiger partial charge in [-0.3, -0.25) is 0 Å². The summed E-state index contributed by atoms with van der Waals surface area (Å²) in [5, 5.41) is 0. The highest BCUT2D eigenvalue weighted by Gasteiger charge is 2.41. The van der Waals surface area contributed by atoms with Crippen molar-refractivity contribution in [3.8, 4) is 11.5 Å². The van der Waals surface area contributed by atoms with Crippen molar-refractivity contribution in [1.82, 2.24) is 0 Å². The summed E-state index contributed by atoms with van der Waals surface area (Å²) < 4.78 is 0. The van der Waals surface area contributed by atoms with Gasteiger partial charge in [0.1, 0.15) is 8.07 Å². The summed E-state index contributed by atoms with van der Waals surface area (Å²) in [6.07, 6.45) is 5.14. The number of allylic oxidation sites excluding steroid dienone is 2. The molecule has 0 atom stereocenters. The van der Waals surface area contributed by atoms with E-state index in [1.807, 2.05) is 0 Å². The predicted octanol–water partition coefficient (Wildman–Crippen LogP) is 5.17. The average Bonchev–Trinajstić information content (AvgIpc) is 2.16. The fraction of sp³-hybridized carbons (Fsp3) is 0.733. The molecule has 92 valence electrons. The zero-order valence-electron chi connectivity index (χ0n) is 12.1. The Bertz CT molecular complexity index is 252. The van der Waals surface area contributed by atoms with Crippen LogP contribution in [0, 0.1) is 11.5 Å². The minimum Gasteiger partial charge on any atom is -0.130 e. The molecule has 0 N–H and O–H groups in total. The molecule has 1 heteroatoms. The normalized spacial score (nSPS) is 12.6. The van der Waals surface area contributed by atoms with Crippen molar-refractivity contribution in [2.75, 3.05) is 0 Å². The Morgan fingerprint density at radius 2 is 1.38 bits per heavy atom. The van der Waals surface area contributed by atoms with Gasteiger partial charge >= 0.3 is 0 Å². The van der Waals surface area contributed by atoms with Crippen LogP contribution >= 0.6 is 0 Å². The van der Waals surface area contributed by atoms with Gasteiger partial charge in [-0.05, 0) is 23.5 Å². The Labute approximate surface area is 104 Å². The van der Waals surface area contributed by atoms with E-state index >= 15 is 0 Å². The third-order valence-corrected chi connectivity index (χ3v) is 9.97. The molecule has 0 aliphatic carbocycles. The van der Waals surface area contributed by atoms with E-state index in [1.165, 1.54) is 0 Å². The molecule has 0 heterocycles. The van der Waals surface area contributed by atoms with Crippen molar-refractivity contribution in [3.63, 3.8) is 0 Å². The van der Waals surface area contributed by atoms with Crippen LogP contribution in [0.3, 0.4) is 0 Å². The van der Waals surface area contributed by atoms with Crippen molar-refractivity contribution in [3.05, 3.63) is 12.2 Å². The fourth-order valence-corrected chi connectivity index (χ4v) is 8.09. The lowest BCUT2D eigenvalue weighted by atomic mass is 10.4. The Hall–Kier alpha value is -0.483. The zero-order chi connectivity index (χ0) is 12.8. The van der Waals surface area contributed by atoms with E-state index in [4.69, 9.17) is 0 Å². The lowest BCUT2D eigenvalue weighted by molar-refractivity contribution is 0.838. The summed E-state index contributed by atoms with van der Waals surface area (Å²) in [6.45, 7) is 16.2. The van der Waals surface area contributed by atoms with Gasteiger partial charge in [0.15, 0.2) is 0 Å². The summed E-state index contributed by atoms with van der Waals surface area (Å²) in [5.41, 5.74) is 5.93. The van der Waals surface area contributed by atoms with E-state index in [-0.39, 0.29) is 0 Å². The van der Waals surface area contributed by atoms with E-state index in [1.54, 1.807) is 0 Å². The maximum Gasteiger partial charge on any atom is 0.145 e. The lowest BCUT2D eigenvalue weighted by Crippen LogP contribution is -2.43. The molecular formula is C15H28Si. The van der Waals surface area contributed by atoms with Gasteiger partial charge in [0.25, 0.3) is 0 Å². The second-order valence-electron chi connectivity index (χ2n) is 5.47. The molecule has 0 unspecified atom stereocenters. The minimum atomic E-state index is -1.47. The highest BCUT2D eigenvalue weighted by atomic mass is 28.3. The van der Waals surface area contributed by atoms with E-state index in [9.17, 15) is 0 Å². The van der Waals surface area contributed by atoms with Gasteiger partial charge in [0.2, 0.25) is 0 Å². The maximum absolute atomic E-state index is 3.70. The van der Waals surface area contributed by atoms with Crippen LogP contribution in [0.4, 0.5) is 0 Å². The molecule has 16 heavy (non-hydrogen) atoms. The summed E-state index contributed by atoms with van der Waals surface area (Å²) in [6, 6.07) is 0. The van der Waals surface area contributed by atoms with Crippen molar-refractivity contribution in [1.29, 1.82) is 0 Å². The molecule has 0 saturated carbocycles. The molecular weight excluding hydrogens is 208 g/mol. The molecule has 0 aromatic carbocycles. The zero-order valence-corrected chi connectivity index (χ0v) is 13.1. The highest BCUT2D eigenvalue weighted by Crippen LogP contribution is 2.40. The molecule has 0 aliphatic heterocycles. The number of hydrogen-bond donors (Lipinski definition) is 0. The first-order chi connectivity index (χ1) is 7.39. The van der Waals surface area contributed by atoms with Crippen LogP contribution in [0.5, 0.6) is 0 Å². The van der Waals surface area contributed by atoms with Gasteiger partial charge in [-0.2, -0.15) is 0 Å². The van der Waals surface area contributed by atoms with E-state index in [0.717, 1.165) is 23.0 Å². The first-order valence-corrected chi connectivity index (χ1v) is 8.73. The second-order valence-corrected chi connectivity index (χ2v) is 11.1. The van der Waals surface area contributed by atoms with Crippen molar-refractivity contribution in [2.24, 2.45) is 0 Å². The SMILES string of the molecule is C/C=C\CC#C[Si](C(C)C)(C(C)C)C(C)C. The van der Waals surface area contributed by atoms with Crippen LogP contribution in [0.15, 0.2) is 12.2 Å². The van der Waals surface area contributed by atoms with Gasteiger partial charge in [0.05, 0.1) is 0 Å². The van der Waals surface area contributed by atoms with Crippen LogP contribution in [0.1, 0.15) is 54.9 Å². The summed E-state index contributed by atoms with van der Waals surface area (Å²) in [7, 11) is -1.47. The first kappa shape index (κ1) is 15.5. The average molecular weight is 236 g/mol. The van der Waals surface area contributed by atoms with Crippen LogP contribution in [0.2, 0.25) is 16.6 Å². The summed E-state index contributed by atoms with van der Waals surface area (Å²) in [5.74, 6) is 3.40. The molecule has 0 amide bonds. The van der Waals surface area contributed by atoms with Gasteiger partial charge in [-0.1, -0.05) is 53.7 Å². The maximum atomic E-state index is 3.70. The van der Waals surface area contributed by atoms with E-state index < -0.39 is 8.07 Å². The largest absolute Gasteiger partial charge is 0.145 e. The van der Waals surface area contributed by atoms with Crippen LogP contribution in [-0.2, 0) is 0 Å². The van der Waals surface area contributed by atoms with Gasteiger partial charge in [0, 0.05) is 6.42 Å². The molecule has 0 fully saturated rings. The van der Waals surface area contributed by atoms with Crippen molar-refractivity contribution < 1.29 is 0 Å². The second kappa shape index (κ2) is 6.96. The van der Waals surface area contributed by atoms with Crippen LogP contribution < -0.4 is 0 Å². The highest BCUT2D eigenvalue weighted by molar-refractivity contribution is 6.90. The molecule has 0 aromatic rings. The van der Waals surface area contributed by atoms with E-state index in [2.05, 4.69) is 72.1 Å². The molecule has 0 spiro atoms. The van der Waals surface area contributed by atoms with Crippen molar-refractivity contribution >= 4 is 8.07 Å². The van der Waals surface area contributed by atoms with Crippen LogP contribution in [0.25, 0.3) is 0 Å². The molecule has 0 saturated heterocycles. The first-order valence-electron chi connectivity index (χ1n) is 6.50.